The Hall–Kier alpha value is -0.280. The van der Waals surface area contributed by atoms with Crippen molar-refractivity contribution in [2.45, 2.75) is 51.7 Å². The Morgan fingerprint density at radius 2 is 2.00 bits per heavy atom. The lowest BCUT2D eigenvalue weighted by Gasteiger charge is -2.29. The van der Waals surface area contributed by atoms with Crippen molar-refractivity contribution in [2.75, 3.05) is 13.7 Å². The van der Waals surface area contributed by atoms with Gasteiger partial charge in [0.15, 0.2) is 0 Å². The van der Waals surface area contributed by atoms with E-state index in [1.54, 1.807) is 7.11 Å². The molecule has 114 valence electrons. The molecule has 1 aromatic carbocycles. The molecule has 0 saturated heterocycles. The van der Waals surface area contributed by atoms with E-state index in [0.717, 1.165) is 31.4 Å². The predicted molar refractivity (Wildman–Crippen MR) is 88.0 cm³/mol. The van der Waals surface area contributed by atoms with E-state index in [1.165, 1.54) is 0 Å². The van der Waals surface area contributed by atoms with Crippen LogP contribution < -0.4 is 5.32 Å². The number of rotatable bonds is 8. The average Bonchev–Trinajstić information content (AvgIpc) is 2.41. The third kappa shape index (κ3) is 5.61. The highest BCUT2D eigenvalue weighted by Crippen LogP contribution is 2.28. The lowest BCUT2D eigenvalue weighted by Crippen LogP contribution is -2.39. The zero-order valence-electron chi connectivity index (χ0n) is 12.8. The van der Waals surface area contributed by atoms with Crippen molar-refractivity contribution >= 4 is 23.2 Å². The first kappa shape index (κ1) is 17.8. The molecular formula is C16H25Cl2NO. The van der Waals surface area contributed by atoms with E-state index in [0.29, 0.717) is 16.1 Å². The van der Waals surface area contributed by atoms with Crippen LogP contribution in [0.15, 0.2) is 18.2 Å². The molecule has 0 aliphatic carbocycles. The summed E-state index contributed by atoms with van der Waals surface area (Å²) in [6, 6.07) is 6.12. The minimum atomic E-state index is -0.156. The van der Waals surface area contributed by atoms with Gasteiger partial charge in [0.05, 0.1) is 15.6 Å². The lowest BCUT2D eigenvalue weighted by atomic mass is 9.94. The summed E-state index contributed by atoms with van der Waals surface area (Å²) >= 11 is 12.4. The van der Waals surface area contributed by atoms with Gasteiger partial charge >= 0.3 is 0 Å². The molecule has 0 radical (unpaired) electrons. The van der Waals surface area contributed by atoms with E-state index < -0.39 is 0 Å². The van der Waals surface area contributed by atoms with Crippen LogP contribution in [-0.2, 0) is 11.2 Å². The van der Waals surface area contributed by atoms with Gasteiger partial charge in [0.25, 0.3) is 0 Å². The van der Waals surface area contributed by atoms with Crippen LogP contribution in [0, 0.1) is 0 Å². The first-order valence-corrected chi connectivity index (χ1v) is 7.86. The number of benzene rings is 1. The van der Waals surface area contributed by atoms with Crippen molar-refractivity contribution in [3.05, 3.63) is 33.8 Å². The molecule has 0 fully saturated rings. The molecule has 0 aliphatic rings. The minimum Gasteiger partial charge on any atom is -0.379 e. The number of methoxy groups -OCH3 is 1. The summed E-state index contributed by atoms with van der Waals surface area (Å²) in [6.07, 6.45) is 2.88. The summed E-state index contributed by atoms with van der Waals surface area (Å²) in [6.45, 7) is 7.36. The molecule has 0 aromatic heterocycles. The second-order valence-corrected chi connectivity index (χ2v) is 6.52. The van der Waals surface area contributed by atoms with Crippen LogP contribution >= 0.6 is 23.2 Å². The Labute approximate surface area is 132 Å². The van der Waals surface area contributed by atoms with Crippen molar-refractivity contribution in [3.8, 4) is 0 Å². The van der Waals surface area contributed by atoms with Crippen molar-refractivity contribution < 1.29 is 4.74 Å². The van der Waals surface area contributed by atoms with E-state index in [9.17, 15) is 0 Å². The molecule has 0 saturated carbocycles. The molecule has 0 bridgehead atoms. The van der Waals surface area contributed by atoms with Crippen LogP contribution in [0.25, 0.3) is 0 Å². The Bertz CT molecular complexity index is 421. The molecule has 1 N–H and O–H groups in total. The van der Waals surface area contributed by atoms with E-state index in [4.69, 9.17) is 27.9 Å². The molecule has 1 aromatic rings. The first-order valence-electron chi connectivity index (χ1n) is 7.11. The van der Waals surface area contributed by atoms with Gasteiger partial charge in [0.1, 0.15) is 0 Å². The second-order valence-electron chi connectivity index (χ2n) is 5.74. The SMILES string of the molecule is CCCNC(Cc1cccc(Cl)c1Cl)CC(C)(C)OC. The topological polar surface area (TPSA) is 21.3 Å². The van der Waals surface area contributed by atoms with E-state index in [2.05, 4.69) is 26.1 Å². The molecule has 1 rings (SSSR count). The van der Waals surface area contributed by atoms with E-state index in [-0.39, 0.29) is 5.60 Å². The third-order valence-electron chi connectivity index (χ3n) is 3.47. The zero-order chi connectivity index (χ0) is 15.2. The average molecular weight is 318 g/mol. The summed E-state index contributed by atoms with van der Waals surface area (Å²) in [5.41, 5.74) is 0.927. The maximum absolute atomic E-state index is 6.29. The number of nitrogens with one attached hydrogen (secondary N) is 1. The number of hydrogen-bond donors (Lipinski definition) is 1. The third-order valence-corrected chi connectivity index (χ3v) is 4.33. The van der Waals surface area contributed by atoms with Gasteiger partial charge in [-0.1, -0.05) is 42.3 Å². The smallest absolute Gasteiger partial charge is 0.0637 e. The highest BCUT2D eigenvalue weighted by Gasteiger charge is 2.23. The maximum Gasteiger partial charge on any atom is 0.0637 e. The molecule has 1 unspecified atom stereocenters. The van der Waals surface area contributed by atoms with Gasteiger partial charge in [-0.25, -0.2) is 0 Å². The summed E-state index contributed by atoms with van der Waals surface area (Å²) in [5.74, 6) is 0. The highest BCUT2D eigenvalue weighted by molar-refractivity contribution is 6.42. The van der Waals surface area contributed by atoms with Crippen molar-refractivity contribution in [2.24, 2.45) is 0 Å². The monoisotopic (exact) mass is 317 g/mol. The van der Waals surface area contributed by atoms with Gasteiger partial charge in [-0.2, -0.15) is 0 Å². The maximum atomic E-state index is 6.29. The van der Waals surface area contributed by atoms with Crippen molar-refractivity contribution in [1.82, 2.24) is 5.32 Å². The second kappa shape index (κ2) is 8.23. The molecule has 0 amide bonds. The van der Waals surface area contributed by atoms with Crippen molar-refractivity contribution in [3.63, 3.8) is 0 Å². The number of halogens is 2. The standard InChI is InChI=1S/C16H25Cl2NO/c1-5-9-19-13(11-16(2,3)20-4)10-12-7-6-8-14(17)15(12)18/h6-8,13,19H,5,9-11H2,1-4H3. The fourth-order valence-corrected chi connectivity index (χ4v) is 2.61. The number of hydrogen-bond acceptors (Lipinski definition) is 2. The quantitative estimate of drug-likeness (QED) is 0.749. The van der Waals surface area contributed by atoms with E-state index in [1.807, 2.05) is 18.2 Å². The van der Waals surface area contributed by atoms with Gasteiger partial charge in [-0.15, -0.1) is 0 Å². The minimum absolute atomic E-state index is 0.156. The van der Waals surface area contributed by atoms with Crippen LogP contribution in [0.4, 0.5) is 0 Å². The van der Waals surface area contributed by atoms with Gasteiger partial charge in [0, 0.05) is 13.2 Å². The lowest BCUT2D eigenvalue weighted by molar-refractivity contribution is 0.00714. The largest absolute Gasteiger partial charge is 0.379 e. The summed E-state index contributed by atoms with van der Waals surface area (Å²) < 4.78 is 5.54. The first-order chi connectivity index (χ1) is 9.39. The fourth-order valence-electron chi connectivity index (χ4n) is 2.21. The summed E-state index contributed by atoms with van der Waals surface area (Å²) in [7, 11) is 1.75. The molecule has 0 spiro atoms. The van der Waals surface area contributed by atoms with E-state index >= 15 is 0 Å². The van der Waals surface area contributed by atoms with Crippen molar-refractivity contribution in [1.29, 1.82) is 0 Å². The molecule has 0 heterocycles. The molecule has 2 nitrogen and oxygen atoms in total. The highest BCUT2D eigenvalue weighted by atomic mass is 35.5. The van der Waals surface area contributed by atoms with Crippen LogP contribution in [0.3, 0.4) is 0 Å². The van der Waals surface area contributed by atoms with Gasteiger partial charge in [0.2, 0.25) is 0 Å². The fraction of sp³-hybridized carbons (Fsp3) is 0.625. The van der Waals surface area contributed by atoms with Gasteiger partial charge < -0.3 is 10.1 Å². The Balaban J connectivity index is 2.80. The Kier molecular flexibility index (Phi) is 7.32. The predicted octanol–water partition coefficient (Wildman–Crippen LogP) is 4.72. The number of ether oxygens (including phenoxy) is 1. The molecule has 20 heavy (non-hydrogen) atoms. The zero-order valence-corrected chi connectivity index (χ0v) is 14.3. The van der Waals surface area contributed by atoms with Crippen LogP contribution in [-0.4, -0.2) is 25.3 Å². The van der Waals surface area contributed by atoms with Crippen LogP contribution in [0.2, 0.25) is 10.0 Å². The van der Waals surface area contributed by atoms with Crippen LogP contribution in [0.5, 0.6) is 0 Å². The molecular weight excluding hydrogens is 293 g/mol. The van der Waals surface area contributed by atoms with Gasteiger partial charge in [-0.05, 0) is 51.3 Å². The molecule has 4 heteroatoms. The summed E-state index contributed by atoms with van der Waals surface area (Å²) in [4.78, 5) is 0. The Morgan fingerprint density at radius 1 is 1.30 bits per heavy atom. The van der Waals surface area contributed by atoms with Crippen LogP contribution in [0.1, 0.15) is 39.2 Å². The molecule has 0 aliphatic heterocycles. The Morgan fingerprint density at radius 3 is 2.60 bits per heavy atom. The normalized spacial score (nSPS) is 13.5. The van der Waals surface area contributed by atoms with Gasteiger partial charge in [-0.3, -0.25) is 0 Å². The summed E-state index contributed by atoms with van der Waals surface area (Å²) in [5, 5.41) is 4.85. The molecule has 1 atom stereocenters.